The zero-order valence-electron chi connectivity index (χ0n) is 11.6. The molecule has 2 unspecified atom stereocenters. The van der Waals surface area contributed by atoms with Gasteiger partial charge >= 0.3 is 0 Å². The predicted octanol–water partition coefficient (Wildman–Crippen LogP) is 2.33. The van der Waals surface area contributed by atoms with Crippen molar-refractivity contribution >= 4 is 0 Å². The number of nitrogens with two attached hydrogens (primary N) is 1. The molecule has 3 rings (SSSR count). The third-order valence-electron chi connectivity index (χ3n) is 4.93. The van der Waals surface area contributed by atoms with Crippen LogP contribution in [0.4, 0.5) is 0 Å². The molecule has 2 saturated carbocycles. The molecule has 2 fully saturated rings. The lowest BCUT2D eigenvalue weighted by Crippen LogP contribution is -2.26. The van der Waals surface area contributed by atoms with E-state index in [0.717, 1.165) is 31.0 Å². The van der Waals surface area contributed by atoms with E-state index in [0.29, 0.717) is 18.4 Å². The number of ether oxygens (including phenoxy) is 1. The van der Waals surface area contributed by atoms with Crippen molar-refractivity contribution in [3.05, 3.63) is 11.7 Å². The Morgan fingerprint density at radius 1 is 1.32 bits per heavy atom. The van der Waals surface area contributed by atoms with Crippen molar-refractivity contribution in [2.45, 2.75) is 56.5 Å². The van der Waals surface area contributed by atoms with E-state index in [4.69, 9.17) is 15.0 Å². The van der Waals surface area contributed by atoms with Gasteiger partial charge in [0, 0.05) is 13.0 Å². The van der Waals surface area contributed by atoms with Crippen LogP contribution in [0.3, 0.4) is 0 Å². The lowest BCUT2D eigenvalue weighted by Gasteiger charge is -2.22. The van der Waals surface area contributed by atoms with Crippen LogP contribution in [-0.2, 0) is 10.3 Å². The van der Waals surface area contributed by atoms with Gasteiger partial charge in [0.1, 0.15) is 5.60 Å². The van der Waals surface area contributed by atoms with Gasteiger partial charge in [-0.1, -0.05) is 11.6 Å². The second-order valence-electron chi connectivity index (χ2n) is 5.89. The van der Waals surface area contributed by atoms with E-state index in [2.05, 4.69) is 10.1 Å². The second kappa shape index (κ2) is 5.21. The van der Waals surface area contributed by atoms with Crippen molar-refractivity contribution in [2.75, 3.05) is 13.7 Å². The van der Waals surface area contributed by atoms with E-state index in [1.807, 2.05) is 0 Å². The van der Waals surface area contributed by atoms with Gasteiger partial charge in [-0.05, 0) is 51.0 Å². The predicted molar refractivity (Wildman–Crippen MR) is 70.6 cm³/mol. The molecule has 5 nitrogen and oxygen atoms in total. The first-order chi connectivity index (χ1) is 9.29. The molecule has 2 aliphatic carbocycles. The normalized spacial score (nSPS) is 30.0. The molecular formula is C14H23N3O2. The van der Waals surface area contributed by atoms with E-state index in [9.17, 15) is 0 Å². The van der Waals surface area contributed by atoms with Crippen molar-refractivity contribution in [1.29, 1.82) is 0 Å². The molecule has 1 heterocycles. The van der Waals surface area contributed by atoms with Gasteiger partial charge in [-0.3, -0.25) is 0 Å². The quantitative estimate of drug-likeness (QED) is 0.904. The summed E-state index contributed by atoms with van der Waals surface area (Å²) in [4.78, 5) is 4.66. The third kappa shape index (κ3) is 2.19. The zero-order valence-corrected chi connectivity index (χ0v) is 11.6. The summed E-state index contributed by atoms with van der Waals surface area (Å²) in [5.41, 5.74) is 5.52. The van der Waals surface area contributed by atoms with Crippen molar-refractivity contribution < 1.29 is 9.26 Å². The summed E-state index contributed by atoms with van der Waals surface area (Å²) in [6, 6.07) is 0. The molecule has 0 amide bonds. The minimum absolute atomic E-state index is 0.307. The van der Waals surface area contributed by atoms with Gasteiger partial charge in [-0.2, -0.15) is 4.98 Å². The maximum absolute atomic E-state index is 5.83. The third-order valence-corrected chi connectivity index (χ3v) is 4.93. The maximum atomic E-state index is 5.83. The van der Waals surface area contributed by atoms with E-state index in [-0.39, 0.29) is 5.60 Å². The van der Waals surface area contributed by atoms with Crippen molar-refractivity contribution in [1.82, 2.24) is 10.1 Å². The van der Waals surface area contributed by atoms with Crippen LogP contribution < -0.4 is 5.73 Å². The molecule has 2 atom stereocenters. The number of nitrogens with zero attached hydrogens (tertiary/aromatic N) is 2. The standard InChI is InChI=1S/C14H23N3O2/c1-18-14(7-2-3-8-14)13-16-12(19-17-13)11-6-4-5-10(11)9-15/h10-11H,2-9,15H2,1H3. The molecule has 0 aromatic carbocycles. The number of hydrogen-bond donors (Lipinski definition) is 1. The van der Waals surface area contributed by atoms with Crippen LogP contribution in [0, 0.1) is 5.92 Å². The van der Waals surface area contributed by atoms with Crippen LogP contribution in [-0.4, -0.2) is 23.8 Å². The summed E-state index contributed by atoms with van der Waals surface area (Å²) in [5.74, 6) is 2.35. The van der Waals surface area contributed by atoms with Gasteiger partial charge in [-0.25, -0.2) is 0 Å². The zero-order chi connectivity index (χ0) is 13.3. The molecule has 1 aromatic rings. The van der Waals surface area contributed by atoms with Crippen LogP contribution >= 0.6 is 0 Å². The van der Waals surface area contributed by atoms with Gasteiger partial charge in [0.2, 0.25) is 11.7 Å². The van der Waals surface area contributed by atoms with Gasteiger partial charge in [0.25, 0.3) is 0 Å². The average molecular weight is 265 g/mol. The number of methoxy groups -OCH3 is 1. The molecule has 0 aliphatic heterocycles. The van der Waals surface area contributed by atoms with E-state index >= 15 is 0 Å². The van der Waals surface area contributed by atoms with Crippen LogP contribution in [0.1, 0.15) is 62.6 Å². The largest absolute Gasteiger partial charge is 0.370 e. The molecule has 2 aliphatic rings. The molecule has 0 bridgehead atoms. The summed E-state index contributed by atoms with van der Waals surface area (Å²) in [5, 5.41) is 4.20. The van der Waals surface area contributed by atoms with Gasteiger partial charge < -0.3 is 15.0 Å². The van der Waals surface area contributed by atoms with E-state index in [1.54, 1.807) is 7.11 Å². The lowest BCUT2D eigenvalue weighted by molar-refractivity contribution is -0.0178. The Morgan fingerprint density at radius 2 is 2.11 bits per heavy atom. The Labute approximate surface area is 113 Å². The molecule has 19 heavy (non-hydrogen) atoms. The molecule has 0 spiro atoms. The summed E-state index contributed by atoms with van der Waals surface area (Å²) in [7, 11) is 1.75. The topological polar surface area (TPSA) is 74.2 Å². The Kier molecular flexibility index (Phi) is 3.58. The summed E-state index contributed by atoms with van der Waals surface area (Å²) < 4.78 is 11.2. The molecule has 5 heteroatoms. The lowest BCUT2D eigenvalue weighted by atomic mass is 9.96. The molecule has 1 aromatic heterocycles. The van der Waals surface area contributed by atoms with Crippen LogP contribution in [0.2, 0.25) is 0 Å². The van der Waals surface area contributed by atoms with Crippen molar-refractivity contribution in [3.63, 3.8) is 0 Å². The van der Waals surface area contributed by atoms with Crippen LogP contribution in [0.5, 0.6) is 0 Å². The average Bonchev–Trinajstić information content (AvgIpc) is 3.17. The van der Waals surface area contributed by atoms with Crippen molar-refractivity contribution in [3.8, 4) is 0 Å². The fourth-order valence-electron chi connectivity index (χ4n) is 3.68. The summed E-state index contributed by atoms with van der Waals surface area (Å²) in [6.45, 7) is 0.706. The monoisotopic (exact) mass is 265 g/mol. The van der Waals surface area contributed by atoms with E-state index < -0.39 is 0 Å². The number of hydrogen-bond acceptors (Lipinski definition) is 5. The smallest absolute Gasteiger partial charge is 0.230 e. The Morgan fingerprint density at radius 3 is 2.79 bits per heavy atom. The summed E-state index contributed by atoms with van der Waals surface area (Å²) >= 11 is 0. The molecule has 0 radical (unpaired) electrons. The highest BCUT2D eigenvalue weighted by atomic mass is 16.5. The van der Waals surface area contributed by atoms with Crippen molar-refractivity contribution in [2.24, 2.45) is 11.7 Å². The van der Waals surface area contributed by atoms with E-state index in [1.165, 1.54) is 25.7 Å². The minimum atomic E-state index is -0.307. The first-order valence-corrected chi connectivity index (χ1v) is 7.38. The Hall–Kier alpha value is -0.940. The SMILES string of the molecule is COC1(c2noc(C3CCCC3CN)n2)CCCC1. The van der Waals surface area contributed by atoms with Gasteiger partial charge in [-0.15, -0.1) is 0 Å². The molecule has 0 saturated heterocycles. The first kappa shape index (κ1) is 13.1. The van der Waals surface area contributed by atoms with Gasteiger partial charge in [0.05, 0.1) is 0 Å². The minimum Gasteiger partial charge on any atom is -0.370 e. The van der Waals surface area contributed by atoms with Gasteiger partial charge in [0.15, 0.2) is 0 Å². The Bertz CT molecular complexity index is 426. The first-order valence-electron chi connectivity index (χ1n) is 7.38. The molecule has 106 valence electrons. The molecular weight excluding hydrogens is 242 g/mol. The molecule has 2 N–H and O–H groups in total. The van der Waals surface area contributed by atoms with Crippen LogP contribution in [0.15, 0.2) is 4.52 Å². The maximum Gasteiger partial charge on any atom is 0.230 e. The number of rotatable bonds is 4. The highest BCUT2D eigenvalue weighted by Crippen LogP contribution is 2.42. The summed E-state index contributed by atoms with van der Waals surface area (Å²) in [6.07, 6.45) is 7.83. The van der Waals surface area contributed by atoms with Crippen LogP contribution in [0.25, 0.3) is 0 Å². The highest BCUT2D eigenvalue weighted by Gasteiger charge is 2.41. The second-order valence-corrected chi connectivity index (χ2v) is 5.89. The Balaban J connectivity index is 1.83. The highest BCUT2D eigenvalue weighted by molar-refractivity contribution is 5.08. The fraction of sp³-hybridized carbons (Fsp3) is 0.857. The fourth-order valence-corrected chi connectivity index (χ4v) is 3.68. The number of aromatic nitrogens is 2.